The second kappa shape index (κ2) is 6.89. The van der Waals surface area contributed by atoms with Crippen LogP contribution in [0, 0.1) is 6.92 Å². The summed E-state index contributed by atoms with van der Waals surface area (Å²) < 4.78 is 28.6. The van der Waals surface area contributed by atoms with Crippen molar-refractivity contribution < 1.29 is 13.2 Å². The zero-order valence-corrected chi connectivity index (χ0v) is 14.1. The van der Waals surface area contributed by atoms with Crippen LogP contribution in [-0.4, -0.2) is 25.5 Å². The first-order chi connectivity index (χ1) is 10.8. The molecule has 0 atom stereocenters. The Kier molecular flexibility index (Phi) is 5.12. The molecular formula is C16H19N3O3S. The topological polar surface area (TPSA) is 95.2 Å². The molecule has 2 aromatic rings. The minimum absolute atomic E-state index is 0.0668. The van der Waals surface area contributed by atoms with E-state index in [1.165, 1.54) is 6.92 Å². The van der Waals surface area contributed by atoms with E-state index < -0.39 is 10.0 Å². The Morgan fingerprint density at radius 1 is 1.17 bits per heavy atom. The van der Waals surface area contributed by atoms with E-state index in [0.717, 1.165) is 16.9 Å². The lowest BCUT2D eigenvalue weighted by Crippen LogP contribution is -2.15. The number of methoxy groups -OCH3 is 1. The summed E-state index contributed by atoms with van der Waals surface area (Å²) in [6.45, 7) is 3.33. The van der Waals surface area contributed by atoms with Crippen molar-refractivity contribution in [3.05, 3.63) is 58.5 Å². The molecule has 1 aromatic heterocycles. The molecule has 1 heterocycles. The van der Waals surface area contributed by atoms with Gasteiger partial charge in [0.1, 0.15) is 5.75 Å². The van der Waals surface area contributed by atoms with Crippen LogP contribution in [0.15, 0.2) is 41.6 Å². The molecule has 6 nitrogen and oxygen atoms in total. The Bertz CT molecular complexity index is 811. The predicted octanol–water partition coefficient (Wildman–Crippen LogP) is 2.06. The summed E-state index contributed by atoms with van der Waals surface area (Å²) >= 11 is 0. The minimum Gasteiger partial charge on any atom is -0.497 e. The van der Waals surface area contributed by atoms with E-state index in [1.807, 2.05) is 31.2 Å². The van der Waals surface area contributed by atoms with Gasteiger partial charge in [-0.05, 0) is 37.1 Å². The molecule has 0 aliphatic carbocycles. The molecule has 0 aliphatic heterocycles. The molecule has 122 valence electrons. The molecule has 0 amide bonds. The molecule has 0 bridgehead atoms. The van der Waals surface area contributed by atoms with Crippen LogP contribution in [0.5, 0.6) is 5.75 Å². The lowest BCUT2D eigenvalue weighted by atomic mass is 10.0. The standard InChI is InChI=1S/C16H19N3O3S/c1-11-9-18-16(19-10-11)15(12(2)23(17,20)21)8-13-4-6-14(22-3)7-5-13/h4-7,9-10H,8H2,1-3H3,(H2,17,20,21). The van der Waals surface area contributed by atoms with Crippen molar-refractivity contribution in [2.24, 2.45) is 5.14 Å². The van der Waals surface area contributed by atoms with E-state index in [1.54, 1.807) is 19.5 Å². The fraction of sp³-hybridized carbons (Fsp3) is 0.250. The number of primary sulfonamides is 1. The van der Waals surface area contributed by atoms with Gasteiger partial charge in [0.25, 0.3) is 0 Å². The van der Waals surface area contributed by atoms with E-state index in [4.69, 9.17) is 9.88 Å². The van der Waals surface area contributed by atoms with Gasteiger partial charge in [-0.3, -0.25) is 0 Å². The van der Waals surface area contributed by atoms with Gasteiger partial charge in [-0.25, -0.2) is 23.5 Å². The van der Waals surface area contributed by atoms with Crippen molar-refractivity contribution >= 4 is 15.6 Å². The maximum Gasteiger partial charge on any atom is 0.234 e. The van der Waals surface area contributed by atoms with E-state index in [0.29, 0.717) is 17.8 Å². The lowest BCUT2D eigenvalue weighted by molar-refractivity contribution is 0.414. The number of ether oxygens (including phenoxy) is 1. The zero-order valence-electron chi connectivity index (χ0n) is 13.3. The largest absolute Gasteiger partial charge is 0.497 e. The van der Waals surface area contributed by atoms with Gasteiger partial charge in [0.05, 0.1) is 12.0 Å². The van der Waals surface area contributed by atoms with Crippen molar-refractivity contribution in [2.45, 2.75) is 20.3 Å². The van der Waals surface area contributed by atoms with Crippen molar-refractivity contribution in [3.8, 4) is 5.75 Å². The maximum absolute atomic E-state index is 11.7. The number of hydrogen-bond acceptors (Lipinski definition) is 5. The molecule has 2 rings (SSSR count). The monoisotopic (exact) mass is 333 g/mol. The molecule has 23 heavy (non-hydrogen) atoms. The third-order valence-electron chi connectivity index (χ3n) is 3.44. The highest BCUT2D eigenvalue weighted by Gasteiger charge is 2.17. The number of nitrogens with zero attached hydrogens (tertiary/aromatic N) is 2. The summed E-state index contributed by atoms with van der Waals surface area (Å²) in [7, 11) is -2.23. The van der Waals surface area contributed by atoms with E-state index >= 15 is 0 Å². The molecule has 0 unspecified atom stereocenters. The molecular weight excluding hydrogens is 314 g/mol. The SMILES string of the molecule is COc1ccc(CC(=C(C)S(N)(=O)=O)c2ncc(C)cn2)cc1. The molecule has 0 aliphatic rings. The first-order valence-corrected chi connectivity index (χ1v) is 8.50. The van der Waals surface area contributed by atoms with Crippen LogP contribution in [0.1, 0.15) is 23.9 Å². The number of allylic oxidation sites excluding steroid dienone is 2. The quantitative estimate of drug-likeness (QED) is 0.903. The zero-order chi connectivity index (χ0) is 17.0. The van der Waals surface area contributed by atoms with Crippen molar-refractivity contribution in [1.82, 2.24) is 9.97 Å². The number of benzene rings is 1. The summed E-state index contributed by atoms with van der Waals surface area (Å²) in [5, 5.41) is 5.29. The fourth-order valence-electron chi connectivity index (χ4n) is 2.03. The van der Waals surface area contributed by atoms with Gasteiger partial charge in [-0.15, -0.1) is 0 Å². The van der Waals surface area contributed by atoms with E-state index in [-0.39, 0.29) is 4.91 Å². The molecule has 1 aromatic carbocycles. The number of sulfonamides is 1. The molecule has 0 spiro atoms. The summed E-state index contributed by atoms with van der Waals surface area (Å²) in [6, 6.07) is 7.36. The Morgan fingerprint density at radius 3 is 2.22 bits per heavy atom. The lowest BCUT2D eigenvalue weighted by Gasteiger charge is -2.11. The number of nitrogens with two attached hydrogens (primary N) is 1. The predicted molar refractivity (Wildman–Crippen MR) is 89.2 cm³/mol. The van der Waals surface area contributed by atoms with Crippen LogP contribution in [0.4, 0.5) is 0 Å². The third-order valence-corrected chi connectivity index (χ3v) is 4.54. The van der Waals surface area contributed by atoms with Gasteiger partial charge in [-0.1, -0.05) is 12.1 Å². The molecule has 0 radical (unpaired) electrons. The van der Waals surface area contributed by atoms with Gasteiger partial charge in [0.15, 0.2) is 5.82 Å². The third kappa shape index (κ3) is 4.37. The number of aromatic nitrogens is 2. The molecule has 7 heteroatoms. The Morgan fingerprint density at radius 2 is 1.74 bits per heavy atom. The molecule has 2 N–H and O–H groups in total. The smallest absolute Gasteiger partial charge is 0.234 e. The van der Waals surface area contributed by atoms with E-state index in [2.05, 4.69) is 9.97 Å². The highest BCUT2D eigenvalue weighted by molar-refractivity contribution is 7.93. The van der Waals surface area contributed by atoms with Crippen molar-refractivity contribution in [1.29, 1.82) is 0 Å². The van der Waals surface area contributed by atoms with E-state index in [9.17, 15) is 8.42 Å². The summed E-state index contributed by atoms with van der Waals surface area (Å²) in [5.41, 5.74) is 2.29. The summed E-state index contributed by atoms with van der Waals surface area (Å²) in [4.78, 5) is 8.53. The average Bonchev–Trinajstić information content (AvgIpc) is 2.52. The van der Waals surface area contributed by atoms with Crippen LogP contribution < -0.4 is 9.88 Å². The van der Waals surface area contributed by atoms with Gasteiger partial charge in [0.2, 0.25) is 10.0 Å². The van der Waals surface area contributed by atoms with Crippen molar-refractivity contribution in [3.63, 3.8) is 0 Å². The van der Waals surface area contributed by atoms with Crippen LogP contribution in [-0.2, 0) is 16.4 Å². The fourth-order valence-corrected chi connectivity index (χ4v) is 2.54. The van der Waals surface area contributed by atoms with Crippen LogP contribution in [0.3, 0.4) is 0 Å². The molecule has 0 fully saturated rings. The highest BCUT2D eigenvalue weighted by Crippen LogP contribution is 2.24. The molecule has 0 saturated carbocycles. The van der Waals surface area contributed by atoms with Crippen LogP contribution in [0.2, 0.25) is 0 Å². The second-order valence-corrected chi connectivity index (χ2v) is 6.89. The second-order valence-electron chi connectivity index (χ2n) is 5.19. The Balaban J connectivity index is 2.47. The van der Waals surface area contributed by atoms with Gasteiger partial charge in [0, 0.05) is 24.4 Å². The maximum atomic E-state index is 11.7. The Hall–Kier alpha value is -2.25. The first-order valence-electron chi connectivity index (χ1n) is 6.95. The average molecular weight is 333 g/mol. The van der Waals surface area contributed by atoms with Gasteiger partial charge >= 0.3 is 0 Å². The number of hydrogen-bond donors (Lipinski definition) is 1. The highest BCUT2D eigenvalue weighted by atomic mass is 32.2. The summed E-state index contributed by atoms with van der Waals surface area (Å²) in [6.07, 6.45) is 3.65. The van der Waals surface area contributed by atoms with Crippen LogP contribution in [0.25, 0.3) is 5.57 Å². The Labute approximate surface area is 136 Å². The first kappa shape index (κ1) is 17.1. The van der Waals surface area contributed by atoms with Crippen LogP contribution >= 0.6 is 0 Å². The normalized spacial score (nSPS) is 12.7. The van der Waals surface area contributed by atoms with Crippen molar-refractivity contribution in [2.75, 3.05) is 7.11 Å². The number of aryl methyl sites for hydroxylation is 1. The summed E-state index contributed by atoms with van der Waals surface area (Å²) in [5.74, 6) is 1.09. The van der Waals surface area contributed by atoms with Gasteiger partial charge in [-0.2, -0.15) is 0 Å². The molecule has 0 saturated heterocycles. The van der Waals surface area contributed by atoms with Gasteiger partial charge < -0.3 is 4.74 Å². The number of rotatable bonds is 5. The minimum atomic E-state index is -3.82.